The fourth-order valence-electron chi connectivity index (χ4n) is 1.82. The fourth-order valence-corrected chi connectivity index (χ4v) is 1.82. The van der Waals surface area contributed by atoms with Crippen molar-refractivity contribution in [2.45, 2.75) is 20.3 Å². The molecule has 0 saturated heterocycles. The summed E-state index contributed by atoms with van der Waals surface area (Å²) in [5.41, 5.74) is 1.21. The van der Waals surface area contributed by atoms with E-state index in [4.69, 9.17) is 4.74 Å². The second kappa shape index (κ2) is 2.59. The molecular weight excluding hydrogens is 164 g/mol. The molecular formula is C11H12O2. The van der Waals surface area contributed by atoms with Crippen LogP contribution in [0.15, 0.2) is 35.6 Å². The Morgan fingerprint density at radius 1 is 1.46 bits per heavy atom. The highest BCUT2D eigenvalue weighted by Crippen LogP contribution is 2.41. The number of hydrogen-bond donors (Lipinski definition) is 0. The Morgan fingerprint density at radius 3 is 3.00 bits per heavy atom. The van der Waals surface area contributed by atoms with Crippen molar-refractivity contribution in [3.63, 3.8) is 0 Å². The van der Waals surface area contributed by atoms with Crippen molar-refractivity contribution >= 4 is 5.97 Å². The summed E-state index contributed by atoms with van der Waals surface area (Å²) in [7, 11) is 0. The van der Waals surface area contributed by atoms with Gasteiger partial charge in [0.25, 0.3) is 0 Å². The second-order valence-electron chi connectivity index (χ2n) is 3.89. The summed E-state index contributed by atoms with van der Waals surface area (Å²) in [5, 5.41) is 0. The second-order valence-corrected chi connectivity index (χ2v) is 3.89. The fraction of sp³-hybridized carbons (Fsp3) is 0.364. The van der Waals surface area contributed by atoms with Crippen LogP contribution in [0.4, 0.5) is 0 Å². The lowest BCUT2D eigenvalue weighted by Crippen LogP contribution is -2.26. The van der Waals surface area contributed by atoms with Gasteiger partial charge in [-0.3, -0.25) is 0 Å². The summed E-state index contributed by atoms with van der Waals surface area (Å²) >= 11 is 0. The molecule has 0 N–H and O–H groups in total. The zero-order valence-corrected chi connectivity index (χ0v) is 7.83. The van der Waals surface area contributed by atoms with Gasteiger partial charge in [-0.1, -0.05) is 17.7 Å². The third kappa shape index (κ3) is 1.32. The van der Waals surface area contributed by atoms with Gasteiger partial charge in [-0.2, -0.15) is 0 Å². The lowest BCUT2D eigenvalue weighted by molar-refractivity contribution is -0.136. The highest BCUT2D eigenvalue weighted by Gasteiger charge is 2.34. The minimum Gasteiger partial charge on any atom is -0.427 e. The van der Waals surface area contributed by atoms with Crippen LogP contribution in [0.25, 0.3) is 0 Å². The van der Waals surface area contributed by atoms with Crippen LogP contribution in [0.3, 0.4) is 0 Å². The molecule has 1 aliphatic heterocycles. The number of ether oxygens (including phenoxy) is 1. The molecule has 2 nitrogen and oxygen atoms in total. The summed E-state index contributed by atoms with van der Waals surface area (Å²) in [5.74, 6) is 0.502. The molecule has 0 bridgehead atoms. The molecule has 1 unspecified atom stereocenters. The van der Waals surface area contributed by atoms with Gasteiger partial charge < -0.3 is 4.74 Å². The molecule has 0 amide bonds. The van der Waals surface area contributed by atoms with Crippen molar-refractivity contribution in [3.8, 4) is 0 Å². The predicted molar refractivity (Wildman–Crippen MR) is 49.8 cm³/mol. The molecule has 13 heavy (non-hydrogen) atoms. The van der Waals surface area contributed by atoms with E-state index in [1.165, 1.54) is 11.6 Å². The summed E-state index contributed by atoms with van der Waals surface area (Å²) in [4.78, 5) is 11.0. The number of hydrogen-bond acceptors (Lipinski definition) is 2. The van der Waals surface area contributed by atoms with Crippen LogP contribution in [0, 0.1) is 5.41 Å². The molecule has 2 rings (SSSR count). The van der Waals surface area contributed by atoms with E-state index in [1.54, 1.807) is 0 Å². The SMILES string of the molecule is CC1=CC=C2OC(=O)C=CC2(C)C1. The first-order valence-corrected chi connectivity index (χ1v) is 4.39. The summed E-state index contributed by atoms with van der Waals surface area (Å²) < 4.78 is 5.13. The van der Waals surface area contributed by atoms with E-state index < -0.39 is 0 Å². The lowest BCUT2D eigenvalue weighted by atomic mass is 9.77. The topological polar surface area (TPSA) is 26.3 Å². The molecule has 68 valence electrons. The zero-order valence-electron chi connectivity index (χ0n) is 7.83. The van der Waals surface area contributed by atoms with Crippen molar-refractivity contribution in [2.75, 3.05) is 0 Å². The summed E-state index contributed by atoms with van der Waals surface area (Å²) in [6, 6.07) is 0. The maximum atomic E-state index is 11.0. The van der Waals surface area contributed by atoms with Gasteiger partial charge in [-0.15, -0.1) is 0 Å². The molecule has 0 fully saturated rings. The molecule has 2 aliphatic rings. The number of carbonyl (C=O) groups excluding carboxylic acids is 1. The average molecular weight is 176 g/mol. The van der Waals surface area contributed by atoms with Crippen molar-refractivity contribution in [3.05, 3.63) is 35.6 Å². The van der Waals surface area contributed by atoms with E-state index in [0.717, 1.165) is 12.2 Å². The van der Waals surface area contributed by atoms with Crippen LogP contribution in [0.1, 0.15) is 20.3 Å². The minimum absolute atomic E-state index is 0.104. The van der Waals surface area contributed by atoms with E-state index in [2.05, 4.69) is 13.8 Å². The molecule has 1 aliphatic carbocycles. The highest BCUT2D eigenvalue weighted by atomic mass is 16.5. The Hall–Kier alpha value is -1.31. The molecule has 0 aromatic heterocycles. The molecule has 0 saturated carbocycles. The first-order valence-electron chi connectivity index (χ1n) is 4.39. The van der Waals surface area contributed by atoms with Crippen LogP contribution in [-0.4, -0.2) is 5.97 Å². The minimum atomic E-state index is -0.267. The molecule has 0 radical (unpaired) electrons. The van der Waals surface area contributed by atoms with Crippen LogP contribution in [-0.2, 0) is 9.53 Å². The van der Waals surface area contributed by atoms with Crippen LogP contribution in [0.2, 0.25) is 0 Å². The zero-order chi connectivity index (χ0) is 9.47. The van der Waals surface area contributed by atoms with Crippen molar-refractivity contribution < 1.29 is 9.53 Å². The van der Waals surface area contributed by atoms with Gasteiger partial charge in [-0.25, -0.2) is 4.79 Å². The number of rotatable bonds is 0. The standard InChI is InChI=1S/C11H12O2/c1-8-3-4-9-11(2,7-8)6-5-10(12)13-9/h3-6H,7H2,1-2H3. The first kappa shape index (κ1) is 8.30. The molecule has 0 spiro atoms. The number of carbonyl (C=O) groups is 1. The Balaban J connectivity index is 2.43. The van der Waals surface area contributed by atoms with E-state index in [1.807, 2.05) is 18.2 Å². The van der Waals surface area contributed by atoms with E-state index >= 15 is 0 Å². The van der Waals surface area contributed by atoms with Crippen LogP contribution < -0.4 is 0 Å². The van der Waals surface area contributed by atoms with Crippen molar-refractivity contribution in [1.29, 1.82) is 0 Å². The summed E-state index contributed by atoms with van der Waals surface area (Å²) in [6.45, 7) is 4.17. The third-order valence-corrected chi connectivity index (χ3v) is 2.53. The molecule has 1 heterocycles. The molecule has 0 aromatic carbocycles. The lowest BCUT2D eigenvalue weighted by Gasteiger charge is -2.33. The number of allylic oxidation sites excluding steroid dienone is 4. The maximum absolute atomic E-state index is 11.0. The Kier molecular flexibility index (Phi) is 1.65. The summed E-state index contributed by atoms with van der Waals surface area (Å²) in [6.07, 6.45) is 8.27. The van der Waals surface area contributed by atoms with Gasteiger partial charge in [0.15, 0.2) is 0 Å². The monoisotopic (exact) mass is 176 g/mol. The van der Waals surface area contributed by atoms with Crippen molar-refractivity contribution in [2.24, 2.45) is 5.41 Å². The van der Waals surface area contributed by atoms with E-state index in [9.17, 15) is 4.79 Å². The van der Waals surface area contributed by atoms with Gasteiger partial charge in [0.1, 0.15) is 5.76 Å². The maximum Gasteiger partial charge on any atom is 0.335 e. The predicted octanol–water partition coefficient (Wildman–Crippen LogP) is 2.34. The number of esters is 1. The van der Waals surface area contributed by atoms with Gasteiger partial charge in [0, 0.05) is 11.5 Å². The normalized spacial score (nSPS) is 31.7. The Labute approximate surface area is 77.6 Å². The van der Waals surface area contributed by atoms with Gasteiger partial charge in [0.2, 0.25) is 0 Å². The smallest absolute Gasteiger partial charge is 0.335 e. The molecule has 2 heteroatoms. The van der Waals surface area contributed by atoms with Crippen LogP contribution >= 0.6 is 0 Å². The first-order chi connectivity index (χ1) is 6.10. The highest BCUT2D eigenvalue weighted by molar-refractivity contribution is 5.84. The van der Waals surface area contributed by atoms with Gasteiger partial charge in [0.05, 0.1) is 0 Å². The largest absolute Gasteiger partial charge is 0.427 e. The average Bonchev–Trinajstić information content (AvgIpc) is 2.06. The van der Waals surface area contributed by atoms with Gasteiger partial charge in [-0.05, 0) is 26.3 Å². The Bertz CT molecular complexity index is 347. The Morgan fingerprint density at radius 2 is 2.23 bits per heavy atom. The van der Waals surface area contributed by atoms with Crippen molar-refractivity contribution in [1.82, 2.24) is 0 Å². The van der Waals surface area contributed by atoms with Gasteiger partial charge >= 0.3 is 5.97 Å². The quantitative estimate of drug-likeness (QED) is 0.529. The molecule has 0 aromatic rings. The third-order valence-electron chi connectivity index (χ3n) is 2.53. The van der Waals surface area contributed by atoms with Crippen LogP contribution in [0.5, 0.6) is 0 Å². The number of fused-ring (bicyclic) bond motifs is 1. The molecule has 1 atom stereocenters. The van der Waals surface area contributed by atoms with E-state index in [-0.39, 0.29) is 11.4 Å². The van der Waals surface area contributed by atoms with E-state index in [0.29, 0.717) is 0 Å².